The highest BCUT2D eigenvalue weighted by atomic mass is 32.2. The summed E-state index contributed by atoms with van der Waals surface area (Å²) < 4.78 is 2.01. The number of carbonyl (C=O) groups excluding carboxylic acids is 1. The van der Waals surface area contributed by atoms with Crippen molar-refractivity contribution in [2.24, 2.45) is 5.10 Å². The van der Waals surface area contributed by atoms with Crippen LogP contribution in [0.15, 0.2) is 89.1 Å². The highest BCUT2D eigenvalue weighted by Gasteiger charge is 2.24. The van der Waals surface area contributed by atoms with Gasteiger partial charge in [0.25, 0.3) is 11.7 Å². The topological polar surface area (TPSA) is 97.1 Å². The summed E-state index contributed by atoms with van der Waals surface area (Å²) in [5.41, 5.74) is 7.26. The van der Waals surface area contributed by atoms with Crippen molar-refractivity contribution in [3.63, 3.8) is 0 Å². The van der Waals surface area contributed by atoms with Gasteiger partial charge in [-0.3, -0.25) is 4.79 Å². The number of rotatable bonds is 8. The molecule has 1 amide bonds. The van der Waals surface area contributed by atoms with Crippen LogP contribution in [0.1, 0.15) is 24.5 Å². The van der Waals surface area contributed by atoms with Crippen LogP contribution in [-0.4, -0.2) is 27.6 Å². The van der Waals surface area contributed by atoms with Crippen LogP contribution in [0.5, 0.6) is 5.75 Å². The summed E-state index contributed by atoms with van der Waals surface area (Å²) in [6, 6.07) is 24.5. The quantitative estimate of drug-likeness (QED) is 0.177. The van der Waals surface area contributed by atoms with Crippen LogP contribution >= 0.6 is 11.8 Å². The van der Waals surface area contributed by atoms with Gasteiger partial charge < -0.3 is 5.11 Å². The number of benzene rings is 3. The van der Waals surface area contributed by atoms with Crippen molar-refractivity contribution in [3.05, 3.63) is 90.0 Å². The Bertz CT molecular complexity index is 1280. The van der Waals surface area contributed by atoms with Crippen molar-refractivity contribution in [1.82, 2.24) is 15.6 Å². The average molecular weight is 472 g/mol. The molecule has 1 heterocycles. The number of H-pyrrole nitrogens is 1. The number of carbonyl (C=O) groups is 1. The molecule has 0 spiro atoms. The van der Waals surface area contributed by atoms with Gasteiger partial charge >= 0.3 is 5.16 Å². The van der Waals surface area contributed by atoms with E-state index in [0.717, 1.165) is 28.2 Å². The lowest BCUT2D eigenvalue weighted by molar-refractivity contribution is -0.625. The summed E-state index contributed by atoms with van der Waals surface area (Å²) in [5, 5.41) is 23.9. The molecular formula is C26H25N5O2S. The van der Waals surface area contributed by atoms with Gasteiger partial charge in [0.15, 0.2) is 0 Å². The number of aromatic nitrogens is 3. The van der Waals surface area contributed by atoms with Crippen LogP contribution in [0.2, 0.25) is 0 Å². The molecule has 34 heavy (non-hydrogen) atoms. The number of aromatic amines is 1. The zero-order valence-corrected chi connectivity index (χ0v) is 19.8. The first-order valence-electron chi connectivity index (χ1n) is 10.9. The molecule has 0 unspecified atom stereocenters. The molecule has 172 valence electrons. The van der Waals surface area contributed by atoms with Gasteiger partial charge in [0.2, 0.25) is 0 Å². The monoisotopic (exact) mass is 471 g/mol. The number of hydrogen-bond donors (Lipinski definition) is 2. The fourth-order valence-electron chi connectivity index (χ4n) is 3.40. The smallest absolute Gasteiger partial charge is 0.342 e. The Labute approximate surface area is 202 Å². The molecule has 0 aliphatic carbocycles. The Morgan fingerprint density at radius 1 is 1.06 bits per heavy atom. The number of aryl methyl sites for hydroxylation is 1. The first-order valence-corrected chi connectivity index (χ1v) is 11.9. The van der Waals surface area contributed by atoms with E-state index >= 15 is 0 Å². The number of nitrogens with one attached hydrogen (secondary N) is 2. The second-order valence-corrected chi connectivity index (χ2v) is 8.59. The molecule has 0 aliphatic heterocycles. The van der Waals surface area contributed by atoms with E-state index in [1.807, 2.05) is 73.0 Å². The van der Waals surface area contributed by atoms with E-state index in [1.54, 1.807) is 12.1 Å². The van der Waals surface area contributed by atoms with Crippen molar-refractivity contribution in [2.45, 2.75) is 25.4 Å². The van der Waals surface area contributed by atoms with E-state index < -0.39 is 0 Å². The Hall–Kier alpha value is -3.91. The van der Waals surface area contributed by atoms with E-state index in [4.69, 9.17) is 0 Å². The second kappa shape index (κ2) is 10.8. The highest BCUT2D eigenvalue weighted by Crippen LogP contribution is 2.20. The lowest BCUT2D eigenvalue weighted by atomic mass is 10.1. The molecule has 0 radical (unpaired) electrons. The maximum absolute atomic E-state index is 12.6. The summed E-state index contributed by atoms with van der Waals surface area (Å²) in [6.07, 6.45) is 0.624. The van der Waals surface area contributed by atoms with E-state index in [0.29, 0.717) is 17.3 Å². The lowest BCUT2D eigenvalue weighted by Gasteiger charge is -2.08. The van der Waals surface area contributed by atoms with E-state index in [1.165, 1.54) is 23.9 Å². The van der Waals surface area contributed by atoms with E-state index in [2.05, 4.69) is 20.7 Å². The van der Waals surface area contributed by atoms with Crippen molar-refractivity contribution in [3.8, 4) is 22.8 Å². The minimum Gasteiger partial charge on any atom is -0.872 e. The SMILES string of the molecule is CCC(=NNC(=O)CSc1n[nH]c(-c2ccccc2)[n+]1-c1ccc(C)cc1)c1ccc([O-])cc1. The maximum Gasteiger partial charge on any atom is 0.342 e. The Kier molecular flexibility index (Phi) is 7.39. The molecule has 1 aromatic heterocycles. The summed E-state index contributed by atoms with van der Waals surface area (Å²) in [7, 11) is 0. The van der Waals surface area contributed by atoms with Crippen molar-refractivity contribution in [1.29, 1.82) is 0 Å². The van der Waals surface area contributed by atoms with Crippen LogP contribution in [0.4, 0.5) is 0 Å². The standard InChI is InChI=1S/C26H25N5O2S/c1-3-23(19-11-15-22(32)16-12-19)27-28-24(33)17-34-26-30-29-25(20-7-5-4-6-8-20)31(26)21-13-9-18(2)10-14-21/h4-16H,3,17H2,1-2H3,(H2,27,28,32,33). The summed E-state index contributed by atoms with van der Waals surface area (Å²) in [4.78, 5) is 12.6. The van der Waals surface area contributed by atoms with Gasteiger partial charge in [-0.05, 0) is 54.9 Å². The molecule has 7 nitrogen and oxygen atoms in total. The molecule has 4 aromatic rings. The first kappa shape index (κ1) is 23.3. The van der Waals surface area contributed by atoms with Crippen molar-refractivity contribution in [2.75, 3.05) is 5.75 Å². The van der Waals surface area contributed by atoms with Gasteiger partial charge in [0.05, 0.1) is 22.1 Å². The molecule has 2 N–H and O–H groups in total. The van der Waals surface area contributed by atoms with E-state index in [9.17, 15) is 9.90 Å². The Morgan fingerprint density at radius 2 is 1.76 bits per heavy atom. The normalized spacial score (nSPS) is 11.4. The van der Waals surface area contributed by atoms with Gasteiger partial charge in [-0.1, -0.05) is 67.1 Å². The van der Waals surface area contributed by atoms with Crippen LogP contribution in [0, 0.1) is 6.92 Å². The Morgan fingerprint density at radius 3 is 2.44 bits per heavy atom. The molecule has 0 aliphatic rings. The average Bonchev–Trinajstić information content (AvgIpc) is 3.29. The largest absolute Gasteiger partial charge is 0.872 e. The summed E-state index contributed by atoms with van der Waals surface area (Å²) in [6.45, 7) is 3.99. The molecule has 3 aromatic carbocycles. The molecule has 0 saturated carbocycles. The van der Waals surface area contributed by atoms with Gasteiger partial charge in [-0.25, -0.2) is 5.43 Å². The lowest BCUT2D eigenvalue weighted by Crippen LogP contribution is -2.34. The van der Waals surface area contributed by atoms with Crippen LogP contribution < -0.4 is 15.1 Å². The molecule has 0 fully saturated rings. The van der Waals surface area contributed by atoms with Crippen molar-refractivity contribution < 1.29 is 14.5 Å². The molecule has 0 atom stereocenters. The van der Waals surface area contributed by atoms with Crippen LogP contribution in [0.25, 0.3) is 17.1 Å². The van der Waals surface area contributed by atoms with Gasteiger partial charge in [-0.2, -0.15) is 9.67 Å². The second-order valence-electron chi connectivity index (χ2n) is 7.65. The number of hydrazone groups is 1. The molecular weight excluding hydrogens is 446 g/mol. The first-order chi connectivity index (χ1) is 16.5. The molecule has 0 saturated heterocycles. The fraction of sp³-hybridized carbons (Fsp3) is 0.154. The number of thioether (sulfide) groups is 1. The van der Waals surface area contributed by atoms with Crippen LogP contribution in [-0.2, 0) is 4.79 Å². The zero-order chi connectivity index (χ0) is 23.9. The summed E-state index contributed by atoms with van der Waals surface area (Å²) in [5.74, 6) is 0.678. The molecule has 8 heteroatoms. The van der Waals surface area contributed by atoms with E-state index in [-0.39, 0.29) is 17.4 Å². The molecule has 0 bridgehead atoms. The predicted octanol–water partition coefficient (Wildman–Crippen LogP) is 3.76. The minimum absolute atomic E-state index is 0.0598. The highest BCUT2D eigenvalue weighted by molar-refractivity contribution is 7.99. The molecule has 4 rings (SSSR count). The third-order valence-electron chi connectivity index (χ3n) is 5.18. The van der Waals surface area contributed by atoms with Gasteiger partial charge in [0.1, 0.15) is 5.69 Å². The van der Waals surface area contributed by atoms with Gasteiger partial charge in [-0.15, -0.1) is 10.8 Å². The number of nitrogens with zero attached hydrogens (tertiary/aromatic N) is 3. The predicted molar refractivity (Wildman–Crippen MR) is 132 cm³/mol. The number of hydrogen-bond acceptors (Lipinski definition) is 5. The third-order valence-corrected chi connectivity index (χ3v) is 6.12. The summed E-state index contributed by atoms with van der Waals surface area (Å²) >= 11 is 1.32. The Balaban J connectivity index is 1.52. The van der Waals surface area contributed by atoms with Crippen molar-refractivity contribution >= 4 is 23.4 Å². The zero-order valence-electron chi connectivity index (χ0n) is 19.0. The maximum atomic E-state index is 12.6. The minimum atomic E-state index is -0.240. The fourth-order valence-corrected chi connectivity index (χ4v) is 4.16. The number of amides is 1. The van der Waals surface area contributed by atoms with Crippen LogP contribution in [0.3, 0.4) is 0 Å². The third kappa shape index (κ3) is 5.52. The van der Waals surface area contributed by atoms with Gasteiger partial charge in [0, 0.05) is 0 Å².